The fraction of sp³-hybridized carbons (Fsp3) is 0.259. The molecule has 0 saturated carbocycles. The number of carbonyl (C=O) groups excluding carboxylic acids is 2. The Kier molecular flexibility index (Phi) is 8.22. The zero-order valence-corrected chi connectivity index (χ0v) is 19.2. The van der Waals surface area contributed by atoms with Gasteiger partial charge in [0.25, 0.3) is 5.91 Å². The Morgan fingerprint density at radius 1 is 0.909 bits per heavy atom. The van der Waals surface area contributed by atoms with Crippen molar-refractivity contribution in [3.05, 3.63) is 102 Å². The summed E-state index contributed by atoms with van der Waals surface area (Å²) in [6, 6.07) is 26.1. The molecule has 0 spiro atoms. The summed E-state index contributed by atoms with van der Waals surface area (Å²) in [5, 5.41) is 2.76. The zero-order valence-electron chi connectivity index (χ0n) is 19.2. The van der Waals surface area contributed by atoms with Gasteiger partial charge >= 0.3 is 6.09 Å². The SMILES string of the molecule is CC(C)(CN)CN(Cc1cccc(NC(=O)OCc2ccccc2)c1)C(=O)c1ccccc1. The van der Waals surface area contributed by atoms with Gasteiger partial charge in [0, 0.05) is 24.3 Å². The predicted octanol–water partition coefficient (Wildman–Crippen LogP) is 5.06. The monoisotopic (exact) mass is 445 g/mol. The molecule has 3 N–H and O–H groups in total. The third kappa shape index (κ3) is 7.47. The Balaban J connectivity index is 1.69. The van der Waals surface area contributed by atoms with E-state index in [1.165, 1.54) is 0 Å². The number of benzene rings is 3. The molecule has 2 amide bonds. The Morgan fingerprint density at radius 3 is 2.21 bits per heavy atom. The standard InChI is InChI=1S/C27H31N3O3/c1-27(2,19-28)20-30(25(31)23-13-7-4-8-14-23)17-22-12-9-15-24(16-22)29-26(32)33-18-21-10-5-3-6-11-21/h3-16H,17-20,28H2,1-2H3,(H,29,32). The first kappa shape index (κ1) is 24.0. The number of nitrogens with two attached hydrogens (primary N) is 1. The fourth-order valence-corrected chi connectivity index (χ4v) is 3.39. The van der Waals surface area contributed by atoms with Crippen molar-refractivity contribution < 1.29 is 14.3 Å². The number of carbonyl (C=O) groups is 2. The van der Waals surface area contributed by atoms with Gasteiger partial charge in [-0.05, 0) is 47.4 Å². The Morgan fingerprint density at radius 2 is 1.55 bits per heavy atom. The predicted molar refractivity (Wildman–Crippen MR) is 131 cm³/mol. The lowest BCUT2D eigenvalue weighted by Gasteiger charge is -2.32. The van der Waals surface area contributed by atoms with E-state index in [-0.39, 0.29) is 17.9 Å². The topological polar surface area (TPSA) is 84.7 Å². The lowest BCUT2D eigenvalue weighted by molar-refractivity contribution is 0.0673. The Bertz CT molecular complexity index is 1050. The van der Waals surface area contributed by atoms with Crippen molar-refractivity contribution in [3.63, 3.8) is 0 Å². The summed E-state index contributed by atoms with van der Waals surface area (Å²) < 4.78 is 5.30. The molecular formula is C27H31N3O3. The number of nitrogens with zero attached hydrogens (tertiary/aromatic N) is 1. The summed E-state index contributed by atoms with van der Waals surface area (Å²) in [6.07, 6.45) is -0.530. The van der Waals surface area contributed by atoms with E-state index in [9.17, 15) is 9.59 Å². The molecule has 3 aromatic rings. The van der Waals surface area contributed by atoms with E-state index in [0.717, 1.165) is 11.1 Å². The van der Waals surface area contributed by atoms with Crippen LogP contribution in [0.2, 0.25) is 0 Å². The molecule has 0 aliphatic heterocycles. The van der Waals surface area contributed by atoms with Crippen LogP contribution in [0.3, 0.4) is 0 Å². The van der Waals surface area contributed by atoms with Gasteiger partial charge in [-0.1, -0.05) is 74.5 Å². The maximum Gasteiger partial charge on any atom is 0.411 e. The smallest absolute Gasteiger partial charge is 0.411 e. The summed E-state index contributed by atoms with van der Waals surface area (Å²) in [6.45, 7) is 5.64. The maximum absolute atomic E-state index is 13.2. The second-order valence-corrected chi connectivity index (χ2v) is 8.78. The van der Waals surface area contributed by atoms with Crippen LogP contribution in [0.5, 0.6) is 0 Å². The van der Waals surface area contributed by atoms with Gasteiger partial charge in [0.15, 0.2) is 0 Å². The summed E-state index contributed by atoms with van der Waals surface area (Å²) in [5.41, 5.74) is 8.75. The van der Waals surface area contributed by atoms with Gasteiger partial charge in [-0.25, -0.2) is 4.79 Å². The zero-order chi connectivity index (χ0) is 23.7. The molecule has 3 aromatic carbocycles. The molecule has 6 heteroatoms. The lowest BCUT2D eigenvalue weighted by atomic mass is 9.92. The molecule has 0 heterocycles. The minimum Gasteiger partial charge on any atom is -0.444 e. The molecule has 0 saturated heterocycles. The van der Waals surface area contributed by atoms with Crippen LogP contribution in [0, 0.1) is 5.41 Å². The molecule has 0 fully saturated rings. The van der Waals surface area contributed by atoms with E-state index in [4.69, 9.17) is 10.5 Å². The first-order chi connectivity index (χ1) is 15.9. The van der Waals surface area contributed by atoms with E-state index in [0.29, 0.717) is 30.9 Å². The number of anilines is 1. The van der Waals surface area contributed by atoms with Crippen LogP contribution in [0.25, 0.3) is 0 Å². The van der Waals surface area contributed by atoms with Crippen LogP contribution in [-0.4, -0.2) is 30.0 Å². The molecule has 6 nitrogen and oxygen atoms in total. The van der Waals surface area contributed by atoms with Gasteiger partial charge in [0.1, 0.15) is 6.61 Å². The van der Waals surface area contributed by atoms with Crippen LogP contribution >= 0.6 is 0 Å². The fourth-order valence-electron chi connectivity index (χ4n) is 3.39. The minimum atomic E-state index is -0.530. The van der Waals surface area contributed by atoms with Crippen molar-refractivity contribution in [2.75, 3.05) is 18.4 Å². The van der Waals surface area contributed by atoms with E-state index >= 15 is 0 Å². The molecule has 3 rings (SSSR count). The van der Waals surface area contributed by atoms with Crippen LogP contribution in [0.4, 0.5) is 10.5 Å². The highest BCUT2D eigenvalue weighted by atomic mass is 16.5. The van der Waals surface area contributed by atoms with Crippen molar-refractivity contribution in [2.24, 2.45) is 11.1 Å². The number of hydrogen-bond donors (Lipinski definition) is 2. The average Bonchev–Trinajstić information content (AvgIpc) is 2.83. The number of hydrogen-bond acceptors (Lipinski definition) is 4. The van der Waals surface area contributed by atoms with Crippen LogP contribution in [-0.2, 0) is 17.9 Å². The third-order valence-electron chi connectivity index (χ3n) is 5.24. The van der Waals surface area contributed by atoms with Crippen molar-refractivity contribution in [2.45, 2.75) is 27.0 Å². The van der Waals surface area contributed by atoms with Crippen LogP contribution in [0.15, 0.2) is 84.9 Å². The number of rotatable bonds is 9. The number of ether oxygens (including phenoxy) is 1. The molecule has 0 aliphatic rings. The lowest BCUT2D eigenvalue weighted by Crippen LogP contribution is -2.41. The molecule has 0 bridgehead atoms. The highest BCUT2D eigenvalue weighted by Gasteiger charge is 2.25. The van der Waals surface area contributed by atoms with E-state index in [2.05, 4.69) is 5.32 Å². The molecule has 0 aliphatic carbocycles. The molecular weight excluding hydrogens is 414 g/mol. The van der Waals surface area contributed by atoms with Gasteiger partial charge in [-0.2, -0.15) is 0 Å². The van der Waals surface area contributed by atoms with Gasteiger partial charge in [0.2, 0.25) is 0 Å². The quantitative estimate of drug-likeness (QED) is 0.482. The largest absolute Gasteiger partial charge is 0.444 e. The molecule has 0 unspecified atom stereocenters. The molecule has 0 aromatic heterocycles. The second kappa shape index (κ2) is 11.3. The number of nitrogens with one attached hydrogen (secondary N) is 1. The van der Waals surface area contributed by atoms with E-state index in [1.807, 2.05) is 92.7 Å². The van der Waals surface area contributed by atoms with E-state index in [1.54, 1.807) is 11.0 Å². The minimum absolute atomic E-state index is 0.0576. The Hall–Kier alpha value is -3.64. The average molecular weight is 446 g/mol. The summed E-state index contributed by atoms with van der Waals surface area (Å²) in [4.78, 5) is 27.2. The van der Waals surface area contributed by atoms with Crippen molar-refractivity contribution in [1.29, 1.82) is 0 Å². The van der Waals surface area contributed by atoms with Crippen LogP contribution < -0.4 is 11.1 Å². The summed E-state index contributed by atoms with van der Waals surface area (Å²) >= 11 is 0. The molecule has 172 valence electrons. The summed E-state index contributed by atoms with van der Waals surface area (Å²) in [7, 11) is 0. The van der Waals surface area contributed by atoms with E-state index < -0.39 is 6.09 Å². The first-order valence-corrected chi connectivity index (χ1v) is 11.0. The molecule has 0 atom stereocenters. The Labute approximate surface area is 195 Å². The van der Waals surface area contributed by atoms with Gasteiger partial charge in [-0.15, -0.1) is 0 Å². The van der Waals surface area contributed by atoms with Crippen LogP contribution in [0.1, 0.15) is 35.3 Å². The molecule has 33 heavy (non-hydrogen) atoms. The van der Waals surface area contributed by atoms with Gasteiger partial charge in [-0.3, -0.25) is 10.1 Å². The highest BCUT2D eigenvalue weighted by molar-refractivity contribution is 5.94. The van der Waals surface area contributed by atoms with Gasteiger partial charge in [0.05, 0.1) is 0 Å². The maximum atomic E-state index is 13.2. The van der Waals surface area contributed by atoms with Crippen molar-refractivity contribution in [1.82, 2.24) is 4.90 Å². The van der Waals surface area contributed by atoms with Crippen molar-refractivity contribution in [3.8, 4) is 0 Å². The highest BCUT2D eigenvalue weighted by Crippen LogP contribution is 2.21. The van der Waals surface area contributed by atoms with Gasteiger partial charge < -0.3 is 15.4 Å². The third-order valence-corrected chi connectivity index (χ3v) is 5.24. The normalized spacial score (nSPS) is 11.0. The second-order valence-electron chi connectivity index (χ2n) is 8.78. The number of amides is 2. The van der Waals surface area contributed by atoms with Crippen molar-refractivity contribution >= 4 is 17.7 Å². The summed E-state index contributed by atoms with van der Waals surface area (Å²) in [5.74, 6) is -0.0576. The molecule has 0 radical (unpaired) electrons. The first-order valence-electron chi connectivity index (χ1n) is 11.0.